The van der Waals surface area contributed by atoms with E-state index in [-0.39, 0.29) is 36.5 Å². The van der Waals surface area contributed by atoms with E-state index >= 15 is 0 Å². The predicted molar refractivity (Wildman–Crippen MR) is 151 cm³/mol. The lowest BCUT2D eigenvalue weighted by atomic mass is 9.61. The number of aromatic amines is 1. The Labute approximate surface area is 236 Å². The SMILES string of the molecule is Cc1n[nH]c2c1C(c1cc(C#C[C@H]3CC[C@@H](NC(=O)OC(C)(C)C)CC3)cc(CO)c1)(C(C)C)C(C#N)=C(N)O2. The maximum atomic E-state index is 12.1. The number of aromatic nitrogens is 2. The number of carbonyl (C=O) groups excluding carboxylic acids is 1. The fourth-order valence-corrected chi connectivity index (χ4v) is 5.90. The lowest BCUT2D eigenvalue weighted by Gasteiger charge is -2.41. The van der Waals surface area contributed by atoms with Crippen LogP contribution >= 0.6 is 0 Å². The molecule has 2 heterocycles. The van der Waals surface area contributed by atoms with Gasteiger partial charge in [-0.2, -0.15) is 10.4 Å². The summed E-state index contributed by atoms with van der Waals surface area (Å²) in [6.45, 7) is 11.3. The first-order valence-electron chi connectivity index (χ1n) is 13.8. The molecule has 4 rings (SSSR count). The number of aryl methyl sites for hydroxylation is 1. The van der Waals surface area contributed by atoms with Crippen LogP contribution < -0.4 is 15.8 Å². The molecule has 0 saturated heterocycles. The highest BCUT2D eigenvalue weighted by molar-refractivity contribution is 5.68. The van der Waals surface area contributed by atoms with Crippen molar-refractivity contribution in [2.45, 2.75) is 90.9 Å². The highest BCUT2D eigenvalue weighted by Gasteiger charge is 2.50. The fourth-order valence-electron chi connectivity index (χ4n) is 5.90. The first-order valence-corrected chi connectivity index (χ1v) is 13.8. The van der Waals surface area contributed by atoms with Gasteiger partial charge in [0.05, 0.1) is 23.3 Å². The molecule has 1 atom stereocenters. The van der Waals surface area contributed by atoms with Crippen LogP contribution in [-0.4, -0.2) is 33.0 Å². The molecule has 1 saturated carbocycles. The topological polar surface area (TPSA) is 146 Å². The molecule has 1 aromatic carbocycles. The summed E-state index contributed by atoms with van der Waals surface area (Å²) in [6, 6.07) is 8.14. The number of carbonyl (C=O) groups is 1. The van der Waals surface area contributed by atoms with Gasteiger partial charge < -0.3 is 25.6 Å². The summed E-state index contributed by atoms with van der Waals surface area (Å²) < 4.78 is 11.1. The number of hydrogen-bond acceptors (Lipinski definition) is 7. The number of fused-ring (bicyclic) bond motifs is 1. The van der Waals surface area contributed by atoms with E-state index in [4.69, 9.17) is 15.2 Å². The molecular weight excluding hydrogens is 506 g/mol. The maximum absolute atomic E-state index is 12.1. The van der Waals surface area contributed by atoms with Gasteiger partial charge >= 0.3 is 6.09 Å². The Morgan fingerprint density at radius 2 is 2.00 bits per heavy atom. The maximum Gasteiger partial charge on any atom is 0.407 e. The molecule has 5 N–H and O–H groups in total. The second kappa shape index (κ2) is 11.3. The third-order valence-corrected chi connectivity index (χ3v) is 7.64. The molecule has 9 heteroatoms. The Morgan fingerprint density at radius 3 is 2.60 bits per heavy atom. The van der Waals surface area contributed by atoms with Gasteiger partial charge in [0.15, 0.2) is 0 Å². The van der Waals surface area contributed by atoms with Gasteiger partial charge in [-0.05, 0) is 82.6 Å². The van der Waals surface area contributed by atoms with Gasteiger partial charge in [-0.25, -0.2) is 9.89 Å². The van der Waals surface area contributed by atoms with Gasteiger partial charge in [-0.3, -0.25) is 0 Å². The van der Waals surface area contributed by atoms with Gasteiger partial charge in [0.2, 0.25) is 11.8 Å². The van der Waals surface area contributed by atoms with E-state index in [2.05, 4.69) is 33.4 Å². The third-order valence-electron chi connectivity index (χ3n) is 7.64. The van der Waals surface area contributed by atoms with Gasteiger partial charge in [0.25, 0.3) is 0 Å². The Balaban J connectivity index is 1.64. The van der Waals surface area contributed by atoms with Crippen LogP contribution in [0.15, 0.2) is 29.7 Å². The van der Waals surface area contributed by atoms with Crippen molar-refractivity contribution in [3.63, 3.8) is 0 Å². The minimum Gasteiger partial charge on any atom is -0.444 e. The monoisotopic (exact) mass is 545 g/mol. The van der Waals surface area contributed by atoms with Crippen molar-refractivity contribution < 1.29 is 19.4 Å². The number of hydrogen-bond donors (Lipinski definition) is 4. The van der Waals surface area contributed by atoms with Crippen molar-refractivity contribution in [3.8, 4) is 23.8 Å². The average molecular weight is 546 g/mol. The highest BCUT2D eigenvalue weighted by atomic mass is 16.6. The Hall–Kier alpha value is -3.95. The van der Waals surface area contributed by atoms with Crippen molar-refractivity contribution in [2.75, 3.05) is 0 Å². The smallest absolute Gasteiger partial charge is 0.407 e. The number of aliphatic hydroxyl groups excluding tert-OH is 1. The minimum absolute atomic E-state index is 0.0335. The molecule has 1 amide bonds. The van der Waals surface area contributed by atoms with E-state index in [1.54, 1.807) is 0 Å². The molecule has 212 valence electrons. The molecule has 1 fully saturated rings. The number of nitrogens with zero attached hydrogens (tertiary/aromatic N) is 2. The standard InChI is InChI=1S/C31H39N5O4/c1-18(2)31(25(16-32)27(33)39-28-26(31)19(3)35-36-28)23-14-21(13-22(15-23)17-37)8-7-20-9-11-24(12-10-20)34-29(38)40-30(4,5)6/h13-15,18,20,24,37H,9-12,17,33H2,1-6H3,(H,34,38)(H,35,36)/t20-,24+,31?. The van der Waals surface area contributed by atoms with Crippen LogP contribution in [0.1, 0.15) is 88.2 Å². The molecule has 40 heavy (non-hydrogen) atoms. The molecule has 1 aromatic heterocycles. The molecule has 1 aliphatic carbocycles. The van der Waals surface area contributed by atoms with E-state index < -0.39 is 11.0 Å². The zero-order chi connectivity index (χ0) is 29.2. The third kappa shape index (κ3) is 5.66. The van der Waals surface area contributed by atoms with E-state index in [9.17, 15) is 15.2 Å². The molecule has 2 aliphatic rings. The van der Waals surface area contributed by atoms with Crippen LogP contribution in [-0.2, 0) is 16.8 Å². The van der Waals surface area contributed by atoms with Crippen LogP contribution in [0.2, 0.25) is 0 Å². The summed E-state index contributed by atoms with van der Waals surface area (Å²) >= 11 is 0. The number of ether oxygens (including phenoxy) is 2. The molecule has 1 unspecified atom stereocenters. The lowest BCUT2D eigenvalue weighted by molar-refractivity contribution is 0.0490. The van der Waals surface area contributed by atoms with Gasteiger partial charge in [-0.15, -0.1) is 0 Å². The molecule has 1 aliphatic heterocycles. The minimum atomic E-state index is -0.934. The van der Waals surface area contributed by atoms with Crippen molar-refractivity contribution in [2.24, 2.45) is 17.6 Å². The molecule has 0 bridgehead atoms. The van der Waals surface area contributed by atoms with Crippen molar-refractivity contribution >= 4 is 6.09 Å². The average Bonchev–Trinajstić information content (AvgIpc) is 3.25. The van der Waals surface area contributed by atoms with Gasteiger partial charge in [-0.1, -0.05) is 31.8 Å². The molecule has 2 aromatic rings. The van der Waals surface area contributed by atoms with E-state index in [1.807, 2.05) is 59.7 Å². The van der Waals surface area contributed by atoms with Crippen LogP contribution in [0.3, 0.4) is 0 Å². The zero-order valence-corrected chi connectivity index (χ0v) is 24.1. The van der Waals surface area contributed by atoms with Crippen molar-refractivity contribution in [1.29, 1.82) is 5.26 Å². The van der Waals surface area contributed by atoms with Crippen molar-refractivity contribution in [3.05, 3.63) is 57.6 Å². The van der Waals surface area contributed by atoms with E-state index in [0.717, 1.165) is 42.4 Å². The number of benzene rings is 1. The van der Waals surface area contributed by atoms with Gasteiger partial charge in [0, 0.05) is 17.5 Å². The highest BCUT2D eigenvalue weighted by Crippen LogP contribution is 2.52. The number of nitrogens with one attached hydrogen (secondary N) is 2. The second-order valence-corrected chi connectivity index (χ2v) is 12.0. The van der Waals surface area contributed by atoms with Crippen LogP contribution in [0.5, 0.6) is 5.88 Å². The predicted octanol–water partition coefficient (Wildman–Crippen LogP) is 4.67. The summed E-state index contributed by atoms with van der Waals surface area (Å²) in [6.07, 6.45) is 3.00. The molecule has 9 nitrogen and oxygen atoms in total. The number of nitrogens with two attached hydrogens (primary N) is 1. The number of aliphatic hydroxyl groups is 1. The molecular formula is C31H39N5O4. The van der Waals surface area contributed by atoms with E-state index in [1.165, 1.54) is 0 Å². The van der Waals surface area contributed by atoms with Crippen LogP contribution in [0.25, 0.3) is 0 Å². The second-order valence-electron chi connectivity index (χ2n) is 12.0. The summed E-state index contributed by atoms with van der Waals surface area (Å²) in [5, 5.41) is 30.6. The number of rotatable bonds is 4. The van der Waals surface area contributed by atoms with Crippen molar-refractivity contribution in [1.82, 2.24) is 15.5 Å². The Morgan fingerprint density at radius 1 is 1.30 bits per heavy atom. The first kappa shape index (κ1) is 29.0. The number of nitriles is 1. The Bertz CT molecular complexity index is 1410. The van der Waals surface area contributed by atoms with Crippen LogP contribution in [0, 0.1) is 41.9 Å². The molecule has 0 radical (unpaired) electrons. The van der Waals surface area contributed by atoms with Crippen LogP contribution in [0.4, 0.5) is 4.79 Å². The number of allylic oxidation sites excluding steroid dienone is 1. The zero-order valence-electron chi connectivity index (χ0n) is 24.1. The number of H-pyrrole nitrogens is 1. The summed E-state index contributed by atoms with van der Waals surface area (Å²) in [5.74, 6) is 7.29. The normalized spacial score (nSPS) is 22.5. The fraction of sp³-hybridized carbons (Fsp3) is 0.516. The number of alkyl carbamates (subject to hydrolysis) is 1. The largest absolute Gasteiger partial charge is 0.444 e. The summed E-state index contributed by atoms with van der Waals surface area (Å²) in [5.41, 5.74) is 8.84. The summed E-state index contributed by atoms with van der Waals surface area (Å²) in [4.78, 5) is 12.1. The lowest BCUT2D eigenvalue weighted by Crippen LogP contribution is -2.41. The van der Waals surface area contributed by atoms with E-state index in [0.29, 0.717) is 22.7 Å². The summed E-state index contributed by atoms with van der Waals surface area (Å²) in [7, 11) is 0. The van der Waals surface area contributed by atoms with Gasteiger partial charge in [0.1, 0.15) is 17.2 Å². The Kier molecular flexibility index (Phi) is 8.18. The number of amides is 1. The quantitative estimate of drug-likeness (QED) is 0.408. The molecule has 0 spiro atoms. The first-order chi connectivity index (χ1) is 18.9.